The van der Waals surface area contributed by atoms with Crippen molar-refractivity contribution in [1.82, 2.24) is 5.32 Å². The third-order valence-electron chi connectivity index (χ3n) is 2.27. The van der Waals surface area contributed by atoms with Crippen LogP contribution in [0.3, 0.4) is 0 Å². The average molecular weight is 278 g/mol. The lowest BCUT2D eigenvalue weighted by atomic mass is 10.0. The molecule has 0 saturated heterocycles. The first-order chi connectivity index (χ1) is 7.94. The normalized spacial score (nSPS) is 14.4. The molecule has 0 aliphatic carbocycles. The number of halogens is 1. The summed E-state index contributed by atoms with van der Waals surface area (Å²) in [6.07, 6.45) is 0.467. The second kappa shape index (κ2) is 6.35. The Morgan fingerprint density at radius 2 is 2.35 bits per heavy atom. The lowest BCUT2D eigenvalue weighted by Gasteiger charge is -2.22. The SMILES string of the molecule is COCCC(C)(O)CNC(=O)c1ccc(Cl)s1. The van der Waals surface area contributed by atoms with Crippen LogP contribution in [0.15, 0.2) is 12.1 Å². The molecule has 0 bridgehead atoms. The molecule has 0 radical (unpaired) electrons. The van der Waals surface area contributed by atoms with Gasteiger partial charge in [-0.1, -0.05) is 11.6 Å². The smallest absolute Gasteiger partial charge is 0.261 e. The van der Waals surface area contributed by atoms with Gasteiger partial charge in [-0.3, -0.25) is 4.79 Å². The highest BCUT2D eigenvalue weighted by Gasteiger charge is 2.21. The number of rotatable bonds is 6. The van der Waals surface area contributed by atoms with Gasteiger partial charge in [-0.15, -0.1) is 11.3 Å². The van der Waals surface area contributed by atoms with Crippen molar-refractivity contribution in [3.63, 3.8) is 0 Å². The van der Waals surface area contributed by atoms with Crippen LogP contribution in [0.5, 0.6) is 0 Å². The molecular weight excluding hydrogens is 262 g/mol. The van der Waals surface area contributed by atoms with E-state index in [9.17, 15) is 9.90 Å². The minimum Gasteiger partial charge on any atom is -0.388 e. The largest absolute Gasteiger partial charge is 0.388 e. The maximum atomic E-state index is 11.7. The summed E-state index contributed by atoms with van der Waals surface area (Å²) in [5.74, 6) is -0.223. The zero-order valence-electron chi connectivity index (χ0n) is 9.83. The van der Waals surface area contributed by atoms with Crippen molar-refractivity contribution in [1.29, 1.82) is 0 Å². The Hall–Kier alpha value is -0.620. The summed E-state index contributed by atoms with van der Waals surface area (Å²) in [4.78, 5) is 12.2. The van der Waals surface area contributed by atoms with Gasteiger partial charge >= 0.3 is 0 Å². The van der Waals surface area contributed by atoms with Crippen LogP contribution in [0.1, 0.15) is 23.0 Å². The summed E-state index contributed by atoms with van der Waals surface area (Å²) >= 11 is 6.95. The fourth-order valence-corrected chi connectivity index (χ4v) is 2.16. The summed E-state index contributed by atoms with van der Waals surface area (Å²) in [5, 5.41) is 12.6. The van der Waals surface area contributed by atoms with Gasteiger partial charge in [0.25, 0.3) is 5.91 Å². The Labute approximate surface area is 110 Å². The topological polar surface area (TPSA) is 58.6 Å². The first-order valence-electron chi connectivity index (χ1n) is 5.19. The molecule has 1 aromatic rings. The zero-order chi connectivity index (χ0) is 12.9. The van der Waals surface area contributed by atoms with E-state index in [1.165, 1.54) is 11.3 Å². The minimum atomic E-state index is -0.966. The predicted molar refractivity (Wildman–Crippen MR) is 68.8 cm³/mol. The van der Waals surface area contributed by atoms with Crippen molar-refractivity contribution >= 4 is 28.8 Å². The van der Waals surface area contributed by atoms with Gasteiger partial charge in [-0.05, 0) is 19.1 Å². The van der Waals surface area contributed by atoms with Crippen LogP contribution in [0.2, 0.25) is 4.34 Å². The van der Waals surface area contributed by atoms with E-state index in [1.54, 1.807) is 26.2 Å². The molecule has 1 atom stereocenters. The Kier molecular flexibility index (Phi) is 5.39. The number of carbonyl (C=O) groups is 1. The van der Waals surface area contributed by atoms with Gasteiger partial charge in [-0.25, -0.2) is 0 Å². The van der Waals surface area contributed by atoms with Crippen LogP contribution in [0, 0.1) is 0 Å². The van der Waals surface area contributed by atoms with Crippen molar-refractivity contribution in [2.75, 3.05) is 20.3 Å². The number of methoxy groups -OCH3 is 1. The predicted octanol–water partition coefficient (Wildman–Crippen LogP) is 1.92. The molecule has 1 unspecified atom stereocenters. The molecule has 17 heavy (non-hydrogen) atoms. The van der Waals surface area contributed by atoms with Crippen molar-refractivity contribution in [3.05, 3.63) is 21.3 Å². The zero-order valence-corrected chi connectivity index (χ0v) is 11.4. The molecule has 1 rings (SSSR count). The molecule has 0 fully saturated rings. The van der Waals surface area contributed by atoms with Crippen LogP contribution >= 0.6 is 22.9 Å². The van der Waals surface area contributed by atoms with E-state index in [0.717, 1.165) is 0 Å². The highest BCUT2D eigenvalue weighted by Crippen LogP contribution is 2.21. The van der Waals surface area contributed by atoms with Crippen LogP contribution < -0.4 is 5.32 Å². The highest BCUT2D eigenvalue weighted by molar-refractivity contribution is 7.17. The number of thiophene rings is 1. The molecule has 1 amide bonds. The molecule has 6 heteroatoms. The summed E-state index contributed by atoms with van der Waals surface area (Å²) in [5.41, 5.74) is -0.966. The highest BCUT2D eigenvalue weighted by atomic mass is 35.5. The Balaban J connectivity index is 2.42. The number of hydrogen-bond acceptors (Lipinski definition) is 4. The number of nitrogens with one attached hydrogen (secondary N) is 1. The lowest BCUT2D eigenvalue weighted by molar-refractivity contribution is 0.0244. The van der Waals surface area contributed by atoms with Crippen LogP contribution in [-0.4, -0.2) is 36.9 Å². The molecule has 0 aromatic carbocycles. The molecule has 1 heterocycles. The van der Waals surface area contributed by atoms with Crippen molar-refractivity contribution < 1.29 is 14.6 Å². The quantitative estimate of drug-likeness (QED) is 0.835. The minimum absolute atomic E-state index is 0.185. The number of aliphatic hydroxyl groups is 1. The standard InChI is InChI=1S/C11H16ClNO3S/c1-11(15,5-6-16-2)7-13-10(14)8-3-4-9(12)17-8/h3-4,15H,5-7H2,1-2H3,(H,13,14). The molecule has 96 valence electrons. The second-order valence-electron chi connectivity index (χ2n) is 4.03. The van der Waals surface area contributed by atoms with Gasteiger partial charge in [0.2, 0.25) is 0 Å². The average Bonchev–Trinajstić information content (AvgIpc) is 2.70. The van der Waals surface area contributed by atoms with E-state index in [4.69, 9.17) is 16.3 Å². The van der Waals surface area contributed by atoms with E-state index < -0.39 is 5.60 Å². The van der Waals surface area contributed by atoms with Gasteiger partial charge in [0, 0.05) is 26.7 Å². The van der Waals surface area contributed by atoms with Gasteiger partial charge in [0.05, 0.1) is 14.8 Å². The monoisotopic (exact) mass is 277 g/mol. The number of hydrogen-bond donors (Lipinski definition) is 2. The van der Waals surface area contributed by atoms with Crippen molar-refractivity contribution in [3.8, 4) is 0 Å². The molecular formula is C11H16ClNO3S. The number of carbonyl (C=O) groups excluding carboxylic acids is 1. The molecule has 1 aromatic heterocycles. The first-order valence-corrected chi connectivity index (χ1v) is 6.39. The van der Waals surface area contributed by atoms with E-state index in [-0.39, 0.29) is 12.5 Å². The maximum Gasteiger partial charge on any atom is 0.261 e. The van der Waals surface area contributed by atoms with Crippen molar-refractivity contribution in [2.45, 2.75) is 18.9 Å². The fourth-order valence-electron chi connectivity index (χ4n) is 1.20. The molecule has 4 nitrogen and oxygen atoms in total. The van der Waals surface area contributed by atoms with Gasteiger partial charge in [0.1, 0.15) is 0 Å². The third-order valence-corrected chi connectivity index (χ3v) is 3.50. The first kappa shape index (κ1) is 14.4. The summed E-state index contributed by atoms with van der Waals surface area (Å²) in [6, 6.07) is 3.33. The molecule has 2 N–H and O–H groups in total. The molecule has 0 saturated carbocycles. The summed E-state index contributed by atoms with van der Waals surface area (Å²) < 4.78 is 5.46. The summed E-state index contributed by atoms with van der Waals surface area (Å²) in [7, 11) is 1.57. The Bertz CT molecular complexity index is 379. The third kappa shape index (κ3) is 5.04. The lowest BCUT2D eigenvalue weighted by Crippen LogP contribution is -2.41. The van der Waals surface area contributed by atoms with E-state index in [0.29, 0.717) is 22.2 Å². The molecule has 0 spiro atoms. The van der Waals surface area contributed by atoms with Crippen LogP contribution in [-0.2, 0) is 4.74 Å². The Morgan fingerprint density at radius 1 is 1.65 bits per heavy atom. The fraction of sp³-hybridized carbons (Fsp3) is 0.545. The van der Waals surface area contributed by atoms with Gasteiger partial charge < -0.3 is 15.2 Å². The Morgan fingerprint density at radius 3 is 2.88 bits per heavy atom. The van der Waals surface area contributed by atoms with Gasteiger partial charge in [-0.2, -0.15) is 0 Å². The number of ether oxygens (including phenoxy) is 1. The number of amides is 1. The summed E-state index contributed by atoms with van der Waals surface area (Å²) in [6.45, 7) is 2.30. The van der Waals surface area contributed by atoms with Gasteiger partial charge in [0.15, 0.2) is 0 Å². The van der Waals surface area contributed by atoms with E-state index in [1.807, 2.05) is 0 Å². The van der Waals surface area contributed by atoms with Crippen LogP contribution in [0.25, 0.3) is 0 Å². The molecule has 0 aliphatic heterocycles. The van der Waals surface area contributed by atoms with E-state index >= 15 is 0 Å². The maximum absolute atomic E-state index is 11.7. The van der Waals surface area contributed by atoms with Crippen molar-refractivity contribution in [2.24, 2.45) is 0 Å². The van der Waals surface area contributed by atoms with E-state index in [2.05, 4.69) is 5.32 Å². The molecule has 0 aliphatic rings. The van der Waals surface area contributed by atoms with Crippen LogP contribution in [0.4, 0.5) is 0 Å². The second-order valence-corrected chi connectivity index (χ2v) is 5.74.